The molecule has 46 heavy (non-hydrogen) atoms. The molecule has 0 saturated carbocycles. The summed E-state index contributed by atoms with van der Waals surface area (Å²) in [5.41, 5.74) is 8.73. The summed E-state index contributed by atoms with van der Waals surface area (Å²) in [6.45, 7) is 4.24. The van der Waals surface area contributed by atoms with Gasteiger partial charge in [0.1, 0.15) is 0 Å². The maximum Gasteiger partial charge on any atom is 0.0576 e. The highest BCUT2D eigenvalue weighted by Crippen LogP contribution is 2.19. The summed E-state index contributed by atoms with van der Waals surface area (Å²) in [6, 6.07) is 32.7. The molecule has 0 aliphatic heterocycles. The topological polar surface area (TPSA) is 83.8 Å². The Morgan fingerprint density at radius 2 is 0.652 bits per heavy atom. The fourth-order valence-electron chi connectivity index (χ4n) is 5.59. The van der Waals surface area contributed by atoms with Crippen molar-refractivity contribution in [2.75, 3.05) is 0 Å². The van der Waals surface area contributed by atoms with Crippen LogP contribution in [0.4, 0.5) is 0 Å². The molecule has 0 N–H and O–H groups in total. The van der Waals surface area contributed by atoms with Crippen molar-refractivity contribution in [3.63, 3.8) is 0 Å². The number of aromatic nitrogens is 6. The molecule has 0 radical (unpaired) electrons. The zero-order valence-electron chi connectivity index (χ0n) is 25.9. The minimum Gasteiger partial charge on any atom is -0.286 e. The second kappa shape index (κ2) is 16.2. The van der Waals surface area contributed by atoms with E-state index in [0.717, 1.165) is 47.0 Å². The van der Waals surface area contributed by atoms with Crippen LogP contribution in [0.2, 0.25) is 0 Å². The van der Waals surface area contributed by atoms with Crippen molar-refractivity contribution in [1.29, 1.82) is 0 Å². The SMILES string of the molecule is c1ccc(CN(Cc2ccccn2)Cc2ncccc2CCc2cccnc2CN(Cc2ccccn2)Cc2ccccn2)nc1. The van der Waals surface area contributed by atoms with Gasteiger partial charge in [0.2, 0.25) is 0 Å². The summed E-state index contributed by atoms with van der Waals surface area (Å²) < 4.78 is 0. The normalized spacial score (nSPS) is 11.3. The average Bonchev–Trinajstić information content (AvgIpc) is 3.10. The van der Waals surface area contributed by atoms with Crippen molar-refractivity contribution in [3.05, 3.63) is 180 Å². The van der Waals surface area contributed by atoms with E-state index in [9.17, 15) is 0 Å². The van der Waals surface area contributed by atoms with Crippen LogP contribution in [0, 0.1) is 0 Å². The van der Waals surface area contributed by atoms with Crippen LogP contribution in [0.3, 0.4) is 0 Å². The van der Waals surface area contributed by atoms with Gasteiger partial charge >= 0.3 is 0 Å². The molecular weight excluding hydrogens is 568 g/mol. The van der Waals surface area contributed by atoms with Gasteiger partial charge in [-0.25, -0.2) is 0 Å². The minimum absolute atomic E-state index is 0.700. The molecule has 0 aliphatic rings. The first-order valence-corrected chi connectivity index (χ1v) is 15.7. The van der Waals surface area contributed by atoms with Crippen molar-refractivity contribution in [2.45, 2.75) is 52.1 Å². The van der Waals surface area contributed by atoms with E-state index < -0.39 is 0 Å². The molecule has 6 rings (SSSR count). The maximum atomic E-state index is 4.86. The van der Waals surface area contributed by atoms with Gasteiger partial charge in [-0.05, 0) is 84.6 Å². The molecule has 0 bridgehead atoms. The minimum atomic E-state index is 0.700. The second-order valence-corrected chi connectivity index (χ2v) is 11.3. The zero-order chi connectivity index (χ0) is 31.2. The molecule has 0 aliphatic carbocycles. The Balaban J connectivity index is 1.18. The van der Waals surface area contributed by atoms with E-state index in [1.165, 1.54) is 11.1 Å². The van der Waals surface area contributed by atoms with Crippen LogP contribution in [0.25, 0.3) is 0 Å². The van der Waals surface area contributed by atoms with Crippen LogP contribution >= 0.6 is 0 Å². The smallest absolute Gasteiger partial charge is 0.0576 e. The lowest BCUT2D eigenvalue weighted by Gasteiger charge is -2.23. The van der Waals surface area contributed by atoms with E-state index in [-0.39, 0.29) is 0 Å². The van der Waals surface area contributed by atoms with E-state index in [1.807, 2.05) is 97.8 Å². The first kappa shape index (κ1) is 30.8. The second-order valence-electron chi connectivity index (χ2n) is 11.3. The molecule has 0 unspecified atom stereocenters. The molecular formula is C38H38N8. The highest BCUT2D eigenvalue weighted by molar-refractivity contribution is 5.26. The molecule has 0 atom stereocenters. The summed E-state index contributed by atoms with van der Waals surface area (Å²) in [7, 11) is 0. The molecule has 6 aromatic rings. The Kier molecular flexibility index (Phi) is 10.9. The molecule has 230 valence electrons. The number of pyridine rings is 6. The molecule has 0 aromatic carbocycles. The first-order chi connectivity index (χ1) is 22.8. The van der Waals surface area contributed by atoms with Gasteiger partial charge in [0, 0.05) is 76.4 Å². The van der Waals surface area contributed by atoms with Crippen molar-refractivity contribution in [1.82, 2.24) is 39.7 Å². The van der Waals surface area contributed by atoms with Crippen molar-refractivity contribution >= 4 is 0 Å². The van der Waals surface area contributed by atoms with E-state index >= 15 is 0 Å². The Morgan fingerprint density at radius 3 is 0.957 bits per heavy atom. The van der Waals surface area contributed by atoms with Gasteiger partial charge in [0.15, 0.2) is 0 Å². The van der Waals surface area contributed by atoms with E-state index in [0.29, 0.717) is 39.3 Å². The first-order valence-electron chi connectivity index (χ1n) is 15.7. The van der Waals surface area contributed by atoms with Gasteiger partial charge < -0.3 is 0 Å². The van der Waals surface area contributed by atoms with Crippen molar-refractivity contribution in [2.24, 2.45) is 0 Å². The summed E-state index contributed by atoms with van der Waals surface area (Å²) in [5.74, 6) is 0. The van der Waals surface area contributed by atoms with Crippen molar-refractivity contribution in [3.8, 4) is 0 Å². The fraction of sp³-hybridized carbons (Fsp3) is 0.211. The Morgan fingerprint density at radius 1 is 0.326 bits per heavy atom. The van der Waals surface area contributed by atoms with Crippen molar-refractivity contribution < 1.29 is 0 Å². The van der Waals surface area contributed by atoms with E-state index in [2.05, 4.69) is 66.1 Å². The number of nitrogens with zero attached hydrogens (tertiary/aromatic N) is 8. The molecule has 6 aromatic heterocycles. The monoisotopic (exact) mass is 606 g/mol. The Labute approximate surface area is 270 Å². The summed E-state index contributed by atoms with van der Waals surface area (Å²) in [6.07, 6.45) is 12.9. The highest BCUT2D eigenvalue weighted by Gasteiger charge is 2.16. The van der Waals surface area contributed by atoms with Gasteiger partial charge in [-0.1, -0.05) is 36.4 Å². The summed E-state index contributed by atoms with van der Waals surface area (Å²) >= 11 is 0. The molecule has 0 saturated heterocycles. The van der Waals surface area contributed by atoms with Crippen LogP contribution in [0.5, 0.6) is 0 Å². The van der Waals surface area contributed by atoms with E-state index in [1.54, 1.807) is 0 Å². The maximum absolute atomic E-state index is 4.86. The molecule has 6 heterocycles. The number of rotatable bonds is 15. The van der Waals surface area contributed by atoms with Gasteiger partial charge in [0.05, 0.1) is 34.2 Å². The third-order valence-corrected chi connectivity index (χ3v) is 7.83. The van der Waals surface area contributed by atoms with Crippen LogP contribution in [-0.4, -0.2) is 39.7 Å². The standard InChI is InChI=1S/C38H38N8/c1-5-19-39-33(13-1)25-45(26-34-14-2-6-20-40-34)29-37-31(11-9-23-43-37)17-18-32-12-10-24-44-38(32)30-46(27-35-15-3-7-21-41-35)28-36-16-4-8-22-42-36/h1-16,19-24H,17-18,25-30H2. The molecule has 0 amide bonds. The lowest BCUT2D eigenvalue weighted by molar-refractivity contribution is 0.237. The molecule has 0 spiro atoms. The van der Waals surface area contributed by atoms with Gasteiger partial charge in [-0.2, -0.15) is 0 Å². The van der Waals surface area contributed by atoms with Crippen LogP contribution in [0.15, 0.2) is 134 Å². The van der Waals surface area contributed by atoms with Gasteiger partial charge in [-0.15, -0.1) is 0 Å². The number of hydrogen-bond donors (Lipinski definition) is 0. The Hall–Kier alpha value is -5.18. The Bertz CT molecular complexity index is 1540. The predicted octanol–water partition coefficient (Wildman–Crippen LogP) is 6.25. The highest BCUT2D eigenvalue weighted by atomic mass is 15.2. The molecule has 0 fully saturated rings. The zero-order valence-corrected chi connectivity index (χ0v) is 25.9. The fourth-order valence-corrected chi connectivity index (χ4v) is 5.59. The van der Waals surface area contributed by atoms with Crippen LogP contribution in [-0.2, 0) is 52.1 Å². The number of hydrogen-bond acceptors (Lipinski definition) is 8. The molecule has 8 heteroatoms. The van der Waals surface area contributed by atoms with E-state index in [4.69, 9.17) is 9.97 Å². The summed E-state index contributed by atoms with van der Waals surface area (Å²) in [4.78, 5) is 32.8. The third kappa shape index (κ3) is 9.17. The quantitative estimate of drug-likeness (QED) is 0.136. The predicted molar refractivity (Wildman–Crippen MR) is 179 cm³/mol. The third-order valence-electron chi connectivity index (χ3n) is 7.83. The van der Waals surface area contributed by atoms with Crippen LogP contribution < -0.4 is 0 Å². The van der Waals surface area contributed by atoms with Crippen LogP contribution in [0.1, 0.15) is 45.3 Å². The largest absolute Gasteiger partial charge is 0.286 e. The number of aryl methyl sites for hydroxylation is 2. The molecule has 8 nitrogen and oxygen atoms in total. The average molecular weight is 607 g/mol. The summed E-state index contributed by atoms with van der Waals surface area (Å²) in [5, 5.41) is 0. The lowest BCUT2D eigenvalue weighted by Crippen LogP contribution is -2.25. The van der Waals surface area contributed by atoms with Gasteiger partial charge in [-0.3, -0.25) is 39.7 Å². The van der Waals surface area contributed by atoms with Gasteiger partial charge in [0.25, 0.3) is 0 Å². The lowest BCUT2D eigenvalue weighted by atomic mass is 10.0.